The Morgan fingerprint density at radius 3 is 2.62 bits per heavy atom. The van der Waals surface area contributed by atoms with E-state index in [4.69, 9.17) is 20.6 Å². The Morgan fingerprint density at radius 1 is 1.31 bits per heavy atom. The maximum absolute atomic E-state index is 14.6. The van der Waals surface area contributed by atoms with E-state index in [2.05, 4.69) is 0 Å². The molecule has 0 aliphatic heterocycles. The Labute approximate surface area is 245 Å². The van der Waals surface area contributed by atoms with E-state index in [0.29, 0.717) is 52.4 Å². The van der Waals surface area contributed by atoms with E-state index < -0.39 is 40.7 Å². The normalized spacial score (nSPS) is 18.4. The first-order valence-corrected chi connectivity index (χ1v) is 14.5. The van der Waals surface area contributed by atoms with Crippen LogP contribution in [0.25, 0.3) is 10.2 Å². The van der Waals surface area contributed by atoms with E-state index in [1.807, 2.05) is 0 Å². The van der Waals surface area contributed by atoms with Gasteiger partial charge in [0.2, 0.25) is 5.91 Å². The van der Waals surface area contributed by atoms with Gasteiger partial charge >= 0.3 is 5.69 Å². The SMILES string of the molecule is COc1ccc(F)cc1C(Cn1c(=O)n(C(C)(C)C(N)=O)c(=O)c2c(C)c([NH2+]C=CC=N)sc21)OC1CCC(O)CC1. The van der Waals surface area contributed by atoms with Gasteiger partial charge in [0.1, 0.15) is 28.0 Å². The van der Waals surface area contributed by atoms with E-state index >= 15 is 0 Å². The molecule has 2 aromatic heterocycles. The molecule has 1 unspecified atom stereocenters. The summed E-state index contributed by atoms with van der Waals surface area (Å²) >= 11 is 1.21. The average Bonchev–Trinajstić information content (AvgIpc) is 3.27. The lowest BCUT2D eigenvalue weighted by Crippen LogP contribution is -2.70. The molecular weight excluding hydrogens is 565 g/mol. The molecule has 226 valence electrons. The summed E-state index contributed by atoms with van der Waals surface area (Å²) in [6.45, 7) is 4.44. The number of ether oxygens (including phenoxy) is 2. The molecule has 2 heterocycles. The predicted octanol–water partition coefficient (Wildman–Crippen LogP) is 2.32. The first kappa shape index (κ1) is 31.3. The van der Waals surface area contributed by atoms with Crippen molar-refractivity contribution in [1.29, 1.82) is 5.41 Å². The first-order valence-electron chi connectivity index (χ1n) is 13.7. The number of nitrogens with zero attached hydrogens (tertiary/aromatic N) is 2. The Balaban J connectivity index is 1.97. The van der Waals surface area contributed by atoms with Crippen molar-refractivity contribution in [3.63, 3.8) is 0 Å². The van der Waals surface area contributed by atoms with Crippen LogP contribution in [0.5, 0.6) is 5.75 Å². The van der Waals surface area contributed by atoms with Crippen molar-refractivity contribution in [2.75, 3.05) is 7.11 Å². The molecular formula is C29H37FN5O6S+. The van der Waals surface area contributed by atoms with Crippen LogP contribution in [-0.4, -0.2) is 45.7 Å². The van der Waals surface area contributed by atoms with Crippen LogP contribution in [0.2, 0.25) is 0 Å². The number of rotatable bonds is 11. The number of aryl methyl sites for hydroxylation is 1. The summed E-state index contributed by atoms with van der Waals surface area (Å²) in [5.74, 6) is -1.01. The zero-order valence-electron chi connectivity index (χ0n) is 24.1. The second kappa shape index (κ2) is 12.7. The molecule has 6 N–H and O–H groups in total. The number of aliphatic hydroxyl groups is 1. The minimum atomic E-state index is -1.66. The number of primary amides is 1. The summed E-state index contributed by atoms with van der Waals surface area (Å²) in [5, 5.41) is 19.9. The molecule has 1 aliphatic rings. The molecule has 0 bridgehead atoms. The monoisotopic (exact) mass is 602 g/mol. The quantitative estimate of drug-likeness (QED) is 0.246. The largest absolute Gasteiger partial charge is 0.496 e. The smallest absolute Gasteiger partial charge is 0.333 e. The van der Waals surface area contributed by atoms with Crippen LogP contribution in [0.4, 0.5) is 9.39 Å². The highest BCUT2D eigenvalue weighted by Gasteiger charge is 2.35. The number of thiophene rings is 1. The first-order chi connectivity index (χ1) is 19.9. The highest BCUT2D eigenvalue weighted by molar-refractivity contribution is 7.21. The lowest BCUT2D eigenvalue weighted by Gasteiger charge is -2.31. The van der Waals surface area contributed by atoms with Gasteiger partial charge in [-0.1, -0.05) is 11.3 Å². The topological polar surface area (TPSA) is 166 Å². The van der Waals surface area contributed by atoms with Gasteiger partial charge in [-0.15, -0.1) is 0 Å². The van der Waals surface area contributed by atoms with Gasteiger partial charge in [-0.25, -0.2) is 13.8 Å². The number of nitrogens with two attached hydrogens (primary N) is 2. The van der Waals surface area contributed by atoms with Crippen LogP contribution in [-0.2, 0) is 21.6 Å². The standard InChI is InChI=1S/C29H36FN5O6S/c1-16-23-25(37)35(29(2,3)27(32)38)28(39)34(26(23)42-24(16)33-13-5-12-31)15-22(41-19-9-7-18(36)8-10-19)20-14-17(30)6-11-21(20)40-4/h5-6,11-14,18-19,22,31,33,36H,7-10,15H2,1-4H3,(H2,32,38)/p+1. The maximum atomic E-state index is 14.6. The zero-order chi connectivity index (χ0) is 30.8. The van der Waals surface area contributed by atoms with Crippen LogP contribution >= 0.6 is 11.3 Å². The fourth-order valence-electron chi connectivity index (χ4n) is 5.24. The van der Waals surface area contributed by atoms with Gasteiger partial charge in [-0.05, 0) is 64.7 Å². The second-order valence-corrected chi connectivity index (χ2v) is 11.9. The van der Waals surface area contributed by atoms with Crippen LogP contribution in [0.1, 0.15) is 56.8 Å². The Hall–Kier alpha value is -3.65. The Morgan fingerprint density at radius 2 is 2.00 bits per heavy atom. The van der Waals surface area contributed by atoms with Gasteiger partial charge in [-0.3, -0.25) is 19.5 Å². The van der Waals surface area contributed by atoms with Crippen LogP contribution < -0.4 is 27.0 Å². The molecule has 1 aromatic carbocycles. The van der Waals surface area contributed by atoms with Crippen molar-refractivity contribution < 1.29 is 29.1 Å². The molecule has 1 saturated carbocycles. The fourth-order valence-corrected chi connectivity index (χ4v) is 6.45. The molecule has 13 heteroatoms. The summed E-state index contributed by atoms with van der Waals surface area (Å²) < 4.78 is 28.9. The molecule has 42 heavy (non-hydrogen) atoms. The number of hydrogen-bond donors (Lipinski definition) is 4. The summed E-state index contributed by atoms with van der Waals surface area (Å²) in [7, 11) is 1.46. The van der Waals surface area contributed by atoms with Crippen LogP contribution in [0.3, 0.4) is 0 Å². The molecule has 11 nitrogen and oxygen atoms in total. The van der Waals surface area contributed by atoms with E-state index in [-0.39, 0.29) is 18.0 Å². The second-order valence-electron chi connectivity index (χ2n) is 10.9. The number of hydrogen-bond acceptors (Lipinski definition) is 8. The van der Waals surface area contributed by atoms with Gasteiger partial charge < -0.3 is 25.7 Å². The van der Waals surface area contributed by atoms with Crippen LogP contribution in [0, 0.1) is 18.2 Å². The molecule has 0 spiro atoms. The van der Waals surface area contributed by atoms with Gasteiger partial charge in [0.05, 0.1) is 37.4 Å². The van der Waals surface area contributed by atoms with Gasteiger partial charge in [-0.2, -0.15) is 0 Å². The third-order valence-electron chi connectivity index (χ3n) is 7.75. The number of methoxy groups -OCH3 is 1. The number of aliphatic hydroxyl groups excluding tert-OH is 1. The fraction of sp³-hybridized carbons (Fsp3) is 0.448. The van der Waals surface area contributed by atoms with Gasteiger partial charge in [0.25, 0.3) is 5.56 Å². The number of nitrogens with one attached hydrogen (secondary N) is 1. The van der Waals surface area contributed by atoms with Crippen molar-refractivity contribution in [2.24, 2.45) is 5.73 Å². The van der Waals surface area contributed by atoms with Crippen molar-refractivity contribution >= 4 is 38.7 Å². The summed E-state index contributed by atoms with van der Waals surface area (Å²) in [6.07, 6.45) is 4.97. The molecule has 0 saturated heterocycles. The summed E-state index contributed by atoms with van der Waals surface area (Å²) in [5.41, 5.74) is 3.56. The lowest BCUT2D eigenvalue weighted by atomic mass is 9.94. The predicted molar refractivity (Wildman–Crippen MR) is 158 cm³/mol. The number of carbonyl (C=O) groups is 1. The summed E-state index contributed by atoms with van der Waals surface area (Å²) in [6, 6.07) is 4.05. The highest BCUT2D eigenvalue weighted by atomic mass is 32.1. The number of halogens is 1. The van der Waals surface area contributed by atoms with E-state index in [0.717, 1.165) is 10.8 Å². The minimum absolute atomic E-state index is 0.126. The number of fused-ring (bicyclic) bond motifs is 1. The number of aromatic nitrogens is 2. The van der Waals surface area contributed by atoms with Crippen molar-refractivity contribution in [1.82, 2.24) is 9.13 Å². The molecule has 4 rings (SSSR count). The number of carbonyl (C=O) groups excluding carboxylic acids is 1. The van der Waals surface area contributed by atoms with Gasteiger partial charge in [0.15, 0.2) is 5.00 Å². The lowest BCUT2D eigenvalue weighted by molar-refractivity contribution is -0.492. The third-order valence-corrected chi connectivity index (χ3v) is 9.03. The molecule has 1 amide bonds. The maximum Gasteiger partial charge on any atom is 0.333 e. The highest BCUT2D eigenvalue weighted by Crippen LogP contribution is 2.36. The summed E-state index contributed by atoms with van der Waals surface area (Å²) in [4.78, 5) is 40.8. The van der Waals surface area contributed by atoms with E-state index in [9.17, 15) is 23.9 Å². The molecule has 3 aromatic rings. The Kier molecular flexibility index (Phi) is 9.46. The van der Waals surface area contributed by atoms with Crippen LogP contribution in [0.15, 0.2) is 40.1 Å². The molecule has 1 aliphatic carbocycles. The number of benzene rings is 1. The molecule has 0 radical (unpaired) electrons. The van der Waals surface area contributed by atoms with E-state index in [1.54, 1.807) is 18.4 Å². The van der Waals surface area contributed by atoms with Crippen molar-refractivity contribution in [3.05, 3.63) is 68.3 Å². The minimum Gasteiger partial charge on any atom is -0.496 e. The van der Waals surface area contributed by atoms with Crippen molar-refractivity contribution in [3.8, 4) is 5.75 Å². The zero-order valence-corrected chi connectivity index (χ0v) is 24.9. The molecule has 1 atom stereocenters. The Bertz CT molecular complexity index is 1630. The third kappa shape index (κ3) is 6.09. The number of allylic oxidation sites excluding steroid dienone is 1. The molecule has 1 fully saturated rings. The number of quaternary nitrogens is 1. The number of amides is 1. The average molecular weight is 603 g/mol. The van der Waals surface area contributed by atoms with Gasteiger partial charge in [0, 0.05) is 23.4 Å². The van der Waals surface area contributed by atoms with E-state index in [1.165, 1.54) is 61.1 Å². The van der Waals surface area contributed by atoms with Crippen molar-refractivity contribution in [2.45, 2.75) is 76.9 Å².